The van der Waals surface area contributed by atoms with Crippen molar-refractivity contribution in [3.8, 4) is 0 Å². The van der Waals surface area contributed by atoms with E-state index < -0.39 is 0 Å². The molecule has 0 fully saturated rings. The molecule has 1 amide bonds. The van der Waals surface area contributed by atoms with Crippen LogP contribution in [0.5, 0.6) is 0 Å². The first kappa shape index (κ1) is 12.6. The lowest BCUT2D eigenvalue weighted by Crippen LogP contribution is -2.29. The summed E-state index contributed by atoms with van der Waals surface area (Å²) in [7, 11) is 1.74. The standard InChI is InChI=1S/C9H11BrN2OS2/c1-12(3-2-8(11)14)9(13)6-4-7(10)15-5-6/h4-5H,2-3H2,1H3,(H2,11,14). The van der Waals surface area contributed by atoms with Crippen LogP contribution in [0.4, 0.5) is 0 Å². The summed E-state index contributed by atoms with van der Waals surface area (Å²) in [5.74, 6) is -0.00630. The molecule has 0 bridgehead atoms. The van der Waals surface area contributed by atoms with Crippen molar-refractivity contribution in [2.75, 3.05) is 13.6 Å². The molecular formula is C9H11BrN2OS2. The molecule has 1 heterocycles. The summed E-state index contributed by atoms with van der Waals surface area (Å²) in [4.78, 5) is 13.8. The fraction of sp³-hybridized carbons (Fsp3) is 0.333. The van der Waals surface area contributed by atoms with E-state index >= 15 is 0 Å². The second-order valence-electron chi connectivity index (χ2n) is 3.08. The highest BCUT2D eigenvalue weighted by atomic mass is 79.9. The summed E-state index contributed by atoms with van der Waals surface area (Å²) in [5, 5.41) is 1.82. The van der Waals surface area contributed by atoms with Crippen molar-refractivity contribution < 1.29 is 4.79 Å². The third-order valence-electron chi connectivity index (χ3n) is 1.85. The summed E-state index contributed by atoms with van der Waals surface area (Å²) in [6.45, 7) is 0.557. The van der Waals surface area contributed by atoms with Gasteiger partial charge in [0.15, 0.2) is 0 Å². The Balaban J connectivity index is 2.57. The van der Waals surface area contributed by atoms with Crippen LogP contribution in [0.3, 0.4) is 0 Å². The first-order valence-corrected chi connectivity index (χ1v) is 6.36. The number of hydrogen-bond donors (Lipinski definition) is 1. The van der Waals surface area contributed by atoms with E-state index in [1.165, 1.54) is 11.3 Å². The van der Waals surface area contributed by atoms with Crippen LogP contribution in [0.25, 0.3) is 0 Å². The van der Waals surface area contributed by atoms with Gasteiger partial charge in [-0.05, 0) is 22.0 Å². The largest absolute Gasteiger partial charge is 0.393 e. The predicted molar refractivity (Wildman–Crippen MR) is 70.4 cm³/mol. The van der Waals surface area contributed by atoms with E-state index in [1.54, 1.807) is 11.9 Å². The number of thiocarbonyl (C=S) groups is 1. The van der Waals surface area contributed by atoms with E-state index in [1.807, 2.05) is 11.4 Å². The molecule has 0 aliphatic carbocycles. The van der Waals surface area contributed by atoms with Gasteiger partial charge in [-0.1, -0.05) is 12.2 Å². The molecule has 15 heavy (non-hydrogen) atoms. The molecule has 3 nitrogen and oxygen atoms in total. The molecule has 1 aromatic rings. The zero-order chi connectivity index (χ0) is 11.4. The second kappa shape index (κ2) is 5.58. The van der Waals surface area contributed by atoms with Crippen molar-refractivity contribution in [1.82, 2.24) is 4.90 Å². The molecule has 0 atom stereocenters. The molecule has 0 radical (unpaired) electrons. The van der Waals surface area contributed by atoms with E-state index in [0.717, 1.165) is 3.79 Å². The van der Waals surface area contributed by atoms with Gasteiger partial charge in [-0.3, -0.25) is 4.79 Å². The number of thiophene rings is 1. The lowest BCUT2D eigenvalue weighted by atomic mass is 10.3. The Kier molecular flexibility index (Phi) is 4.69. The molecule has 0 unspecified atom stereocenters. The van der Waals surface area contributed by atoms with E-state index in [2.05, 4.69) is 15.9 Å². The quantitative estimate of drug-likeness (QED) is 0.868. The smallest absolute Gasteiger partial charge is 0.254 e. The number of carbonyl (C=O) groups is 1. The minimum atomic E-state index is -0.00630. The van der Waals surface area contributed by atoms with Gasteiger partial charge in [-0.15, -0.1) is 11.3 Å². The van der Waals surface area contributed by atoms with Crippen LogP contribution in [0, 0.1) is 0 Å². The van der Waals surface area contributed by atoms with E-state index in [9.17, 15) is 4.79 Å². The van der Waals surface area contributed by atoms with Crippen molar-refractivity contribution in [3.05, 3.63) is 20.8 Å². The molecule has 82 valence electrons. The lowest BCUT2D eigenvalue weighted by molar-refractivity contribution is 0.0799. The highest BCUT2D eigenvalue weighted by molar-refractivity contribution is 9.11. The third kappa shape index (κ3) is 3.89. The molecule has 2 N–H and O–H groups in total. The number of nitrogens with two attached hydrogens (primary N) is 1. The van der Waals surface area contributed by atoms with E-state index in [4.69, 9.17) is 18.0 Å². The van der Waals surface area contributed by atoms with E-state index in [-0.39, 0.29) is 5.91 Å². The molecule has 6 heteroatoms. The second-order valence-corrected chi connectivity index (χ2v) is 5.90. The lowest BCUT2D eigenvalue weighted by Gasteiger charge is -2.15. The Bertz CT molecular complexity index is 378. The molecule has 0 aliphatic heterocycles. The van der Waals surface area contributed by atoms with Crippen molar-refractivity contribution in [1.29, 1.82) is 0 Å². The Labute approximate surface area is 106 Å². The van der Waals surface area contributed by atoms with Crippen molar-refractivity contribution in [2.45, 2.75) is 6.42 Å². The zero-order valence-electron chi connectivity index (χ0n) is 8.20. The molecule has 0 saturated carbocycles. The topological polar surface area (TPSA) is 46.3 Å². The Morgan fingerprint density at radius 3 is 2.87 bits per heavy atom. The van der Waals surface area contributed by atoms with Gasteiger partial charge in [0.2, 0.25) is 0 Å². The highest BCUT2D eigenvalue weighted by Gasteiger charge is 2.12. The number of nitrogens with zero attached hydrogens (tertiary/aromatic N) is 1. The van der Waals surface area contributed by atoms with Gasteiger partial charge in [0.1, 0.15) is 0 Å². The van der Waals surface area contributed by atoms with Crippen LogP contribution in [0.1, 0.15) is 16.8 Å². The first-order chi connectivity index (χ1) is 7.00. The van der Waals surface area contributed by atoms with Gasteiger partial charge in [0, 0.05) is 25.4 Å². The number of amides is 1. The number of carbonyl (C=O) groups excluding carboxylic acids is 1. The number of halogens is 1. The Morgan fingerprint density at radius 1 is 1.73 bits per heavy atom. The maximum atomic E-state index is 11.8. The van der Waals surface area contributed by atoms with Crippen molar-refractivity contribution in [3.63, 3.8) is 0 Å². The molecule has 0 spiro atoms. The van der Waals surface area contributed by atoms with Crippen LogP contribution in [0.2, 0.25) is 0 Å². The molecule has 0 aliphatic rings. The normalized spacial score (nSPS) is 10.0. The highest BCUT2D eigenvalue weighted by Crippen LogP contribution is 2.21. The van der Waals surface area contributed by atoms with Crippen LogP contribution < -0.4 is 5.73 Å². The average molecular weight is 307 g/mol. The van der Waals surface area contributed by atoms with Gasteiger partial charge < -0.3 is 10.6 Å². The predicted octanol–water partition coefficient (Wildman–Crippen LogP) is 2.26. The van der Waals surface area contributed by atoms with Crippen LogP contribution in [-0.2, 0) is 0 Å². The van der Waals surface area contributed by atoms with Crippen LogP contribution >= 0.6 is 39.5 Å². The zero-order valence-corrected chi connectivity index (χ0v) is 11.4. The fourth-order valence-electron chi connectivity index (χ4n) is 1.02. The molecule has 1 aromatic heterocycles. The maximum absolute atomic E-state index is 11.8. The van der Waals surface area contributed by atoms with Crippen molar-refractivity contribution in [2.24, 2.45) is 5.73 Å². The Hall–Kier alpha value is -0.460. The van der Waals surface area contributed by atoms with Gasteiger partial charge in [-0.25, -0.2) is 0 Å². The monoisotopic (exact) mass is 306 g/mol. The molecule has 0 saturated heterocycles. The summed E-state index contributed by atoms with van der Waals surface area (Å²) in [6.07, 6.45) is 0.558. The summed E-state index contributed by atoms with van der Waals surface area (Å²) < 4.78 is 0.952. The van der Waals surface area contributed by atoms with Crippen LogP contribution in [0.15, 0.2) is 15.2 Å². The summed E-state index contributed by atoms with van der Waals surface area (Å²) in [5.41, 5.74) is 6.06. The van der Waals surface area contributed by atoms with Crippen LogP contribution in [-0.4, -0.2) is 29.4 Å². The van der Waals surface area contributed by atoms with E-state index in [0.29, 0.717) is 23.5 Å². The first-order valence-electron chi connectivity index (χ1n) is 4.28. The third-order valence-corrected chi connectivity index (χ3v) is 3.56. The number of hydrogen-bond acceptors (Lipinski definition) is 3. The SMILES string of the molecule is CN(CCC(N)=S)C(=O)c1csc(Br)c1. The summed E-state index contributed by atoms with van der Waals surface area (Å²) >= 11 is 9.57. The molecular weight excluding hydrogens is 296 g/mol. The number of rotatable bonds is 4. The Morgan fingerprint density at radius 2 is 2.40 bits per heavy atom. The summed E-state index contributed by atoms with van der Waals surface area (Å²) in [6, 6.07) is 1.81. The van der Waals surface area contributed by atoms with Gasteiger partial charge in [0.05, 0.1) is 14.3 Å². The van der Waals surface area contributed by atoms with Crippen molar-refractivity contribution >= 4 is 50.4 Å². The van der Waals surface area contributed by atoms with Gasteiger partial charge in [-0.2, -0.15) is 0 Å². The minimum Gasteiger partial charge on any atom is -0.393 e. The molecule has 0 aromatic carbocycles. The average Bonchev–Trinajstić information content (AvgIpc) is 2.60. The maximum Gasteiger partial charge on any atom is 0.254 e. The minimum absolute atomic E-state index is 0.00630. The molecule has 1 rings (SSSR count). The fourth-order valence-corrected chi connectivity index (χ4v) is 2.24. The van der Waals surface area contributed by atoms with Gasteiger partial charge >= 0.3 is 0 Å². The van der Waals surface area contributed by atoms with Gasteiger partial charge in [0.25, 0.3) is 5.91 Å².